The molecule has 6 heteroatoms. The Morgan fingerprint density at radius 1 is 1.42 bits per heavy atom. The number of rotatable bonds is 4. The second kappa shape index (κ2) is 5.19. The molecule has 1 aromatic rings. The van der Waals surface area contributed by atoms with Crippen molar-refractivity contribution in [1.82, 2.24) is 0 Å². The van der Waals surface area contributed by atoms with Gasteiger partial charge in [0.05, 0.1) is 21.7 Å². The van der Waals surface area contributed by atoms with E-state index in [1.165, 1.54) is 18.2 Å². The minimum Gasteiger partial charge on any atom is -0.478 e. The van der Waals surface area contributed by atoms with Gasteiger partial charge < -0.3 is 16.2 Å². The minimum atomic E-state index is -1.07. The molecular weight excluding hydrogens is 268 g/mol. The van der Waals surface area contributed by atoms with Crippen molar-refractivity contribution in [3.05, 3.63) is 28.8 Å². The quantitative estimate of drug-likeness (QED) is 0.788. The zero-order valence-corrected chi connectivity index (χ0v) is 11.0. The first-order valence-electron chi connectivity index (χ1n) is 6.03. The molecule has 0 heterocycles. The lowest BCUT2D eigenvalue weighted by atomic mass is 9.68. The van der Waals surface area contributed by atoms with E-state index in [4.69, 9.17) is 22.4 Å². The van der Waals surface area contributed by atoms with Crippen molar-refractivity contribution in [2.45, 2.75) is 19.3 Å². The van der Waals surface area contributed by atoms with Gasteiger partial charge in [0.15, 0.2) is 0 Å². The summed E-state index contributed by atoms with van der Waals surface area (Å²) in [6.45, 7) is 0.287. The molecular formula is C13H15ClN2O3. The topological polar surface area (TPSA) is 92.4 Å². The predicted octanol–water partition coefficient (Wildman–Crippen LogP) is 2.11. The standard InChI is InChI=1S/C13H15ClN2O3/c14-9-3-2-8(11(17)18)6-10(9)16-12(19)13(7-15)4-1-5-13/h2-3,6H,1,4-5,7,15H2,(H,16,19)(H,17,18). The number of carbonyl (C=O) groups excluding carboxylic acids is 1. The lowest BCUT2D eigenvalue weighted by Gasteiger charge is -2.39. The first kappa shape index (κ1) is 13.8. The van der Waals surface area contributed by atoms with Crippen LogP contribution in [0.2, 0.25) is 5.02 Å². The maximum Gasteiger partial charge on any atom is 0.335 e. The number of amides is 1. The maximum absolute atomic E-state index is 12.2. The molecule has 102 valence electrons. The molecule has 1 aromatic carbocycles. The number of benzene rings is 1. The molecule has 0 aliphatic heterocycles. The smallest absolute Gasteiger partial charge is 0.335 e. The Bertz CT molecular complexity index is 521. The van der Waals surface area contributed by atoms with Gasteiger partial charge in [0.1, 0.15) is 0 Å². The van der Waals surface area contributed by atoms with E-state index < -0.39 is 11.4 Å². The Labute approximate surface area is 115 Å². The Kier molecular flexibility index (Phi) is 3.78. The van der Waals surface area contributed by atoms with Crippen LogP contribution in [0.25, 0.3) is 0 Å². The first-order valence-corrected chi connectivity index (χ1v) is 6.41. The molecule has 1 amide bonds. The molecule has 0 atom stereocenters. The minimum absolute atomic E-state index is 0.0788. The summed E-state index contributed by atoms with van der Waals surface area (Å²) in [7, 11) is 0. The van der Waals surface area contributed by atoms with Crippen LogP contribution in [-0.2, 0) is 4.79 Å². The highest BCUT2D eigenvalue weighted by molar-refractivity contribution is 6.34. The maximum atomic E-state index is 12.2. The van der Waals surface area contributed by atoms with Crippen molar-refractivity contribution in [3.63, 3.8) is 0 Å². The Hall–Kier alpha value is -1.59. The SMILES string of the molecule is NCC1(C(=O)Nc2cc(C(=O)O)ccc2Cl)CCC1. The van der Waals surface area contributed by atoms with Gasteiger partial charge in [0, 0.05) is 6.54 Å². The molecule has 0 saturated heterocycles. The van der Waals surface area contributed by atoms with Gasteiger partial charge in [-0.2, -0.15) is 0 Å². The zero-order valence-electron chi connectivity index (χ0n) is 10.3. The number of hydrogen-bond donors (Lipinski definition) is 3. The van der Waals surface area contributed by atoms with E-state index in [2.05, 4.69) is 5.32 Å². The number of aromatic carboxylic acids is 1. The highest BCUT2D eigenvalue weighted by Crippen LogP contribution is 2.41. The number of hydrogen-bond acceptors (Lipinski definition) is 3. The summed E-state index contributed by atoms with van der Waals surface area (Å²) in [5, 5.41) is 11.9. The molecule has 0 spiro atoms. The summed E-state index contributed by atoms with van der Waals surface area (Å²) in [5.74, 6) is -1.25. The Morgan fingerprint density at radius 2 is 2.11 bits per heavy atom. The first-order chi connectivity index (χ1) is 8.98. The van der Waals surface area contributed by atoms with Gasteiger partial charge in [0.2, 0.25) is 5.91 Å². The van der Waals surface area contributed by atoms with Crippen LogP contribution in [0.15, 0.2) is 18.2 Å². The summed E-state index contributed by atoms with van der Waals surface area (Å²) < 4.78 is 0. The van der Waals surface area contributed by atoms with Gasteiger partial charge >= 0.3 is 5.97 Å². The average molecular weight is 283 g/mol. The third-order valence-corrected chi connectivity index (χ3v) is 3.97. The van der Waals surface area contributed by atoms with E-state index in [1.807, 2.05) is 0 Å². The van der Waals surface area contributed by atoms with Crippen molar-refractivity contribution < 1.29 is 14.7 Å². The van der Waals surface area contributed by atoms with E-state index >= 15 is 0 Å². The van der Waals surface area contributed by atoms with Crippen molar-refractivity contribution in [3.8, 4) is 0 Å². The monoisotopic (exact) mass is 282 g/mol. The molecule has 0 bridgehead atoms. The molecule has 0 radical (unpaired) electrons. The van der Waals surface area contributed by atoms with Crippen LogP contribution in [0.3, 0.4) is 0 Å². The van der Waals surface area contributed by atoms with Crippen LogP contribution in [0.1, 0.15) is 29.6 Å². The van der Waals surface area contributed by atoms with Crippen LogP contribution < -0.4 is 11.1 Å². The summed E-state index contributed by atoms with van der Waals surface area (Å²) in [6.07, 6.45) is 2.49. The van der Waals surface area contributed by atoms with E-state index in [1.54, 1.807) is 0 Å². The largest absolute Gasteiger partial charge is 0.478 e. The van der Waals surface area contributed by atoms with Gasteiger partial charge in [-0.3, -0.25) is 4.79 Å². The fraction of sp³-hybridized carbons (Fsp3) is 0.385. The van der Waals surface area contributed by atoms with Crippen LogP contribution in [0.4, 0.5) is 5.69 Å². The number of carboxylic acids is 1. The van der Waals surface area contributed by atoms with Gasteiger partial charge in [-0.15, -0.1) is 0 Å². The molecule has 1 saturated carbocycles. The predicted molar refractivity (Wildman–Crippen MR) is 72.4 cm³/mol. The van der Waals surface area contributed by atoms with Crippen molar-refractivity contribution in [2.24, 2.45) is 11.1 Å². The second-order valence-corrected chi connectivity index (χ2v) is 5.20. The molecule has 1 fully saturated rings. The van der Waals surface area contributed by atoms with Gasteiger partial charge in [-0.25, -0.2) is 4.79 Å². The van der Waals surface area contributed by atoms with Crippen molar-refractivity contribution >= 4 is 29.2 Å². The van der Waals surface area contributed by atoms with Crippen LogP contribution in [0, 0.1) is 5.41 Å². The molecule has 19 heavy (non-hydrogen) atoms. The molecule has 0 aromatic heterocycles. The average Bonchev–Trinajstić information content (AvgIpc) is 2.31. The van der Waals surface area contributed by atoms with Crippen LogP contribution in [0.5, 0.6) is 0 Å². The fourth-order valence-electron chi connectivity index (χ4n) is 2.14. The third kappa shape index (κ3) is 2.57. The normalized spacial score (nSPS) is 16.5. The lowest BCUT2D eigenvalue weighted by Crippen LogP contribution is -2.47. The van der Waals surface area contributed by atoms with Gasteiger partial charge in [-0.05, 0) is 31.0 Å². The molecule has 0 unspecified atom stereocenters. The molecule has 4 N–H and O–H groups in total. The summed E-state index contributed by atoms with van der Waals surface area (Å²) in [5.41, 5.74) is 5.52. The Morgan fingerprint density at radius 3 is 2.58 bits per heavy atom. The van der Waals surface area contributed by atoms with E-state index in [0.29, 0.717) is 10.7 Å². The highest BCUT2D eigenvalue weighted by Gasteiger charge is 2.42. The molecule has 1 aliphatic rings. The van der Waals surface area contributed by atoms with E-state index in [-0.39, 0.29) is 18.0 Å². The van der Waals surface area contributed by atoms with Crippen molar-refractivity contribution in [1.29, 1.82) is 0 Å². The van der Waals surface area contributed by atoms with Crippen LogP contribution in [-0.4, -0.2) is 23.5 Å². The number of nitrogens with two attached hydrogens (primary N) is 1. The molecule has 2 rings (SSSR count). The van der Waals surface area contributed by atoms with Gasteiger partial charge in [0.25, 0.3) is 0 Å². The fourth-order valence-corrected chi connectivity index (χ4v) is 2.30. The summed E-state index contributed by atoms with van der Waals surface area (Å²) in [6, 6.07) is 4.20. The number of carbonyl (C=O) groups is 2. The summed E-state index contributed by atoms with van der Waals surface area (Å²) >= 11 is 5.96. The van der Waals surface area contributed by atoms with E-state index in [9.17, 15) is 9.59 Å². The number of nitrogens with one attached hydrogen (secondary N) is 1. The molecule has 1 aliphatic carbocycles. The van der Waals surface area contributed by atoms with E-state index in [0.717, 1.165) is 19.3 Å². The Balaban J connectivity index is 2.21. The highest BCUT2D eigenvalue weighted by atomic mass is 35.5. The van der Waals surface area contributed by atoms with Crippen molar-refractivity contribution in [2.75, 3.05) is 11.9 Å². The molecule has 5 nitrogen and oxygen atoms in total. The van der Waals surface area contributed by atoms with Gasteiger partial charge in [-0.1, -0.05) is 18.0 Å². The van der Waals surface area contributed by atoms with Crippen LogP contribution >= 0.6 is 11.6 Å². The second-order valence-electron chi connectivity index (χ2n) is 4.79. The summed E-state index contributed by atoms with van der Waals surface area (Å²) in [4.78, 5) is 23.1. The number of carboxylic acid groups (broad SMARTS) is 1. The number of anilines is 1. The number of halogens is 1. The third-order valence-electron chi connectivity index (χ3n) is 3.64. The lowest BCUT2D eigenvalue weighted by molar-refractivity contribution is -0.129. The zero-order chi connectivity index (χ0) is 14.0.